The highest BCUT2D eigenvalue weighted by molar-refractivity contribution is 7.89. The first-order valence-electron chi connectivity index (χ1n) is 5.91. The van der Waals surface area contributed by atoms with Crippen LogP contribution in [0, 0.1) is 0 Å². The highest BCUT2D eigenvalue weighted by Crippen LogP contribution is 2.20. The minimum atomic E-state index is -4.51. The van der Waals surface area contributed by atoms with E-state index < -0.39 is 28.0 Å². The molecule has 0 radical (unpaired) electrons. The van der Waals surface area contributed by atoms with Gasteiger partial charge in [0.15, 0.2) is 0 Å². The van der Waals surface area contributed by atoms with Crippen molar-refractivity contribution in [3.8, 4) is 0 Å². The van der Waals surface area contributed by atoms with Crippen molar-refractivity contribution in [2.45, 2.75) is 38.6 Å². The lowest BCUT2D eigenvalue weighted by atomic mass is 10.4. The maximum absolute atomic E-state index is 12.3. The first-order valence-corrected chi connectivity index (χ1v) is 7.41. The van der Waals surface area contributed by atoms with E-state index in [4.69, 9.17) is 0 Å². The van der Waals surface area contributed by atoms with Gasteiger partial charge in [-0.2, -0.15) is 17.5 Å². The summed E-state index contributed by atoms with van der Waals surface area (Å²) in [6.07, 6.45) is -3.67. The molecule has 0 aromatic heterocycles. The number of rotatable bonds is 8. The second kappa shape index (κ2) is 7.30. The van der Waals surface area contributed by atoms with E-state index in [1.54, 1.807) is 0 Å². The fourth-order valence-corrected chi connectivity index (χ4v) is 2.95. The Morgan fingerprint density at radius 1 is 1.28 bits per heavy atom. The lowest BCUT2D eigenvalue weighted by Gasteiger charge is -2.25. The Balaban J connectivity index is 4.65. The van der Waals surface area contributed by atoms with E-state index in [-0.39, 0.29) is 13.1 Å². The van der Waals surface area contributed by atoms with Crippen molar-refractivity contribution in [3.05, 3.63) is 0 Å². The van der Waals surface area contributed by atoms with Crippen molar-refractivity contribution in [2.24, 2.45) is 0 Å². The van der Waals surface area contributed by atoms with Crippen LogP contribution in [0.4, 0.5) is 13.2 Å². The van der Waals surface area contributed by atoms with E-state index in [0.717, 1.165) is 6.42 Å². The SMILES string of the molecule is CCCNCC(C)S(=O)(=O)N(CC)CC(F)(F)F. The van der Waals surface area contributed by atoms with Gasteiger partial charge in [-0.25, -0.2) is 8.42 Å². The fraction of sp³-hybridized carbons (Fsp3) is 1.00. The highest BCUT2D eigenvalue weighted by atomic mass is 32.2. The smallest absolute Gasteiger partial charge is 0.315 e. The zero-order valence-electron chi connectivity index (χ0n) is 10.9. The number of nitrogens with zero attached hydrogens (tertiary/aromatic N) is 1. The van der Waals surface area contributed by atoms with Gasteiger partial charge in [0.05, 0.1) is 5.25 Å². The van der Waals surface area contributed by atoms with Crippen molar-refractivity contribution in [1.82, 2.24) is 9.62 Å². The molecule has 4 nitrogen and oxygen atoms in total. The van der Waals surface area contributed by atoms with Crippen molar-refractivity contribution in [2.75, 3.05) is 26.2 Å². The van der Waals surface area contributed by atoms with E-state index in [1.807, 2.05) is 6.92 Å². The number of hydrogen-bond acceptors (Lipinski definition) is 3. The summed E-state index contributed by atoms with van der Waals surface area (Å²) in [5.74, 6) is 0. The molecule has 1 N–H and O–H groups in total. The number of hydrogen-bond donors (Lipinski definition) is 1. The molecule has 0 fully saturated rings. The Kier molecular flexibility index (Phi) is 7.16. The first kappa shape index (κ1) is 17.7. The summed E-state index contributed by atoms with van der Waals surface area (Å²) >= 11 is 0. The quantitative estimate of drug-likeness (QED) is 0.691. The summed E-state index contributed by atoms with van der Waals surface area (Å²) in [5.41, 5.74) is 0. The fourth-order valence-electron chi connectivity index (χ4n) is 1.42. The zero-order chi connectivity index (χ0) is 14.4. The van der Waals surface area contributed by atoms with Gasteiger partial charge >= 0.3 is 6.18 Å². The summed E-state index contributed by atoms with van der Waals surface area (Å²) < 4.78 is 61.1. The molecule has 8 heteroatoms. The van der Waals surface area contributed by atoms with Gasteiger partial charge in [-0.05, 0) is 19.9 Å². The van der Waals surface area contributed by atoms with Crippen LogP contribution >= 0.6 is 0 Å². The van der Waals surface area contributed by atoms with Gasteiger partial charge in [0.1, 0.15) is 6.54 Å². The standard InChI is InChI=1S/C10H21F3N2O2S/c1-4-6-14-7-9(3)18(16,17)15(5-2)8-10(11,12)13/h9,14H,4-8H2,1-3H3. The van der Waals surface area contributed by atoms with Crippen LogP contribution in [0.15, 0.2) is 0 Å². The van der Waals surface area contributed by atoms with E-state index in [9.17, 15) is 21.6 Å². The Morgan fingerprint density at radius 2 is 1.83 bits per heavy atom. The van der Waals surface area contributed by atoms with Gasteiger partial charge in [0.25, 0.3) is 0 Å². The lowest BCUT2D eigenvalue weighted by molar-refractivity contribution is -0.135. The minimum absolute atomic E-state index is 0.157. The van der Waals surface area contributed by atoms with Crippen LogP contribution in [-0.2, 0) is 10.0 Å². The van der Waals surface area contributed by atoms with Crippen molar-refractivity contribution in [1.29, 1.82) is 0 Å². The molecule has 0 saturated carbocycles. The topological polar surface area (TPSA) is 49.4 Å². The Morgan fingerprint density at radius 3 is 2.22 bits per heavy atom. The lowest BCUT2D eigenvalue weighted by Crippen LogP contribution is -2.45. The molecule has 0 saturated heterocycles. The summed E-state index contributed by atoms with van der Waals surface area (Å²) in [4.78, 5) is 0. The van der Waals surface area contributed by atoms with Crippen LogP contribution in [0.2, 0.25) is 0 Å². The van der Waals surface area contributed by atoms with Crippen molar-refractivity contribution >= 4 is 10.0 Å². The molecule has 1 atom stereocenters. The molecular formula is C10H21F3N2O2S. The van der Waals surface area contributed by atoms with Crippen LogP contribution in [-0.4, -0.2) is 50.3 Å². The Bertz CT molecular complexity index is 331. The van der Waals surface area contributed by atoms with Gasteiger partial charge in [-0.1, -0.05) is 13.8 Å². The molecule has 1 unspecified atom stereocenters. The molecule has 110 valence electrons. The molecule has 0 aromatic carbocycles. The average Bonchev–Trinajstić information content (AvgIpc) is 2.24. The first-order chi connectivity index (χ1) is 8.15. The molecule has 0 amide bonds. The maximum atomic E-state index is 12.3. The Hall–Kier alpha value is -0.340. The summed E-state index contributed by atoms with van der Waals surface area (Å²) in [7, 11) is -3.91. The molecule has 0 aliphatic carbocycles. The number of nitrogens with one attached hydrogen (secondary N) is 1. The van der Waals surface area contributed by atoms with Crippen LogP contribution in [0.25, 0.3) is 0 Å². The van der Waals surface area contributed by atoms with Crippen molar-refractivity contribution < 1.29 is 21.6 Å². The number of alkyl halides is 3. The monoisotopic (exact) mass is 290 g/mol. The zero-order valence-corrected chi connectivity index (χ0v) is 11.7. The third kappa shape index (κ3) is 6.01. The maximum Gasteiger partial charge on any atom is 0.402 e. The number of halogens is 3. The van der Waals surface area contributed by atoms with E-state index in [2.05, 4.69) is 5.32 Å². The number of sulfonamides is 1. The van der Waals surface area contributed by atoms with E-state index in [1.165, 1.54) is 13.8 Å². The summed E-state index contributed by atoms with van der Waals surface area (Å²) in [6, 6.07) is 0. The normalized spacial score (nSPS) is 15.1. The summed E-state index contributed by atoms with van der Waals surface area (Å²) in [5, 5.41) is 2.03. The van der Waals surface area contributed by atoms with Gasteiger partial charge in [-0.15, -0.1) is 0 Å². The van der Waals surface area contributed by atoms with Gasteiger partial charge in [-0.3, -0.25) is 0 Å². The molecule has 0 bridgehead atoms. The third-order valence-corrected chi connectivity index (χ3v) is 4.73. The van der Waals surface area contributed by atoms with Crippen LogP contribution in [0.1, 0.15) is 27.2 Å². The Labute approximate surface area is 107 Å². The van der Waals surface area contributed by atoms with Crippen LogP contribution in [0.5, 0.6) is 0 Å². The second-order valence-corrected chi connectivity index (χ2v) is 6.45. The largest absolute Gasteiger partial charge is 0.402 e. The van der Waals surface area contributed by atoms with Gasteiger partial charge in [0.2, 0.25) is 10.0 Å². The second-order valence-electron chi connectivity index (χ2n) is 4.10. The molecule has 0 aliphatic heterocycles. The van der Waals surface area contributed by atoms with E-state index >= 15 is 0 Å². The molecule has 0 spiro atoms. The molecular weight excluding hydrogens is 269 g/mol. The third-order valence-electron chi connectivity index (χ3n) is 2.44. The molecule has 0 heterocycles. The molecule has 0 aliphatic rings. The molecule has 18 heavy (non-hydrogen) atoms. The summed E-state index contributed by atoms with van der Waals surface area (Å²) in [6.45, 7) is 3.93. The highest BCUT2D eigenvalue weighted by Gasteiger charge is 2.37. The van der Waals surface area contributed by atoms with Crippen molar-refractivity contribution in [3.63, 3.8) is 0 Å². The van der Waals surface area contributed by atoms with Crippen LogP contribution in [0.3, 0.4) is 0 Å². The molecule has 0 rings (SSSR count). The van der Waals surface area contributed by atoms with Gasteiger partial charge < -0.3 is 5.32 Å². The minimum Gasteiger partial charge on any atom is -0.315 e. The van der Waals surface area contributed by atoms with Gasteiger partial charge in [0, 0.05) is 13.1 Å². The van der Waals surface area contributed by atoms with Crippen LogP contribution < -0.4 is 5.32 Å². The average molecular weight is 290 g/mol. The van der Waals surface area contributed by atoms with E-state index in [0.29, 0.717) is 10.8 Å². The predicted octanol–water partition coefficient (Wildman–Crippen LogP) is 1.59. The molecule has 0 aromatic rings. The predicted molar refractivity (Wildman–Crippen MR) is 64.8 cm³/mol.